The molecule has 3 aromatic carbocycles. The number of ether oxygens (including phenoxy) is 2. The number of aliphatic hydroxyl groups is 1. The van der Waals surface area contributed by atoms with Crippen molar-refractivity contribution in [2.24, 2.45) is 5.14 Å². The van der Waals surface area contributed by atoms with Gasteiger partial charge < -0.3 is 14.6 Å². The lowest BCUT2D eigenvalue weighted by molar-refractivity contribution is -0.132. The number of carbonyl (C=O) groups is 2. The Kier molecular flexibility index (Phi) is 6.33. The number of benzene rings is 3. The number of rotatable bonds is 6. The first kappa shape index (κ1) is 24.0. The molecule has 3 aromatic rings. The number of sulfonamides is 1. The molecule has 3 N–H and O–H groups in total. The Morgan fingerprint density at radius 3 is 2.11 bits per heavy atom. The van der Waals surface area contributed by atoms with E-state index in [1.807, 2.05) is 0 Å². The number of carbonyl (C=O) groups excluding carboxylic acids is 2. The normalized spacial score (nSPS) is 17.5. The van der Waals surface area contributed by atoms with E-state index in [-0.39, 0.29) is 21.9 Å². The van der Waals surface area contributed by atoms with Gasteiger partial charge in [0.05, 0.1) is 30.7 Å². The van der Waals surface area contributed by atoms with E-state index in [1.165, 1.54) is 43.4 Å². The number of nitrogens with zero attached hydrogens (tertiary/aromatic N) is 1. The van der Waals surface area contributed by atoms with Gasteiger partial charge in [-0.2, -0.15) is 0 Å². The Morgan fingerprint density at radius 1 is 0.914 bits per heavy atom. The van der Waals surface area contributed by atoms with Gasteiger partial charge in [0.2, 0.25) is 10.0 Å². The summed E-state index contributed by atoms with van der Waals surface area (Å²) in [5.74, 6) is -1.11. The van der Waals surface area contributed by atoms with Crippen molar-refractivity contribution in [1.29, 1.82) is 0 Å². The van der Waals surface area contributed by atoms with Gasteiger partial charge >= 0.3 is 0 Å². The van der Waals surface area contributed by atoms with Gasteiger partial charge in [-0.05, 0) is 54.1 Å². The van der Waals surface area contributed by atoms with Crippen molar-refractivity contribution in [2.45, 2.75) is 10.9 Å². The van der Waals surface area contributed by atoms with E-state index in [4.69, 9.17) is 14.6 Å². The average Bonchev–Trinajstić information content (AvgIpc) is 3.13. The largest absolute Gasteiger partial charge is 0.507 e. The van der Waals surface area contributed by atoms with E-state index >= 15 is 0 Å². The average molecular weight is 495 g/mol. The molecule has 1 heterocycles. The van der Waals surface area contributed by atoms with Crippen LogP contribution in [0, 0.1) is 0 Å². The summed E-state index contributed by atoms with van der Waals surface area (Å²) in [5, 5.41) is 16.4. The van der Waals surface area contributed by atoms with Crippen LogP contribution in [-0.2, 0) is 19.6 Å². The fraction of sp³-hybridized carbons (Fsp3) is 0.120. The minimum atomic E-state index is -3.95. The van der Waals surface area contributed by atoms with Crippen LogP contribution in [0.15, 0.2) is 83.3 Å². The molecule has 1 amide bonds. The van der Waals surface area contributed by atoms with E-state index < -0.39 is 27.8 Å². The van der Waals surface area contributed by atoms with Crippen LogP contribution in [0.1, 0.15) is 17.2 Å². The Bertz CT molecular complexity index is 1430. The maximum Gasteiger partial charge on any atom is 0.300 e. The first-order valence-electron chi connectivity index (χ1n) is 10.4. The van der Waals surface area contributed by atoms with Gasteiger partial charge in [0.1, 0.15) is 17.3 Å². The third-order valence-electron chi connectivity index (χ3n) is 5.66. The van der Waals surface area contributed by atoms with Crippen molar-refractivity contribution in [3.05, 3.63) is 89.5 Å². The van der Waals surface area contributed by atoms with Crippen molar-refractivity contribution in [3.8, 4) is 11.5 Å². The third kappa shape index (κ3) is 4.48. The smallest absolute Gasteiger partial charge is 0.300 e. The molecule has 0 saturated carbocycles. The second-order valence-corrected chi connectivity index (χ2v) is 9.27. The lowest BCUT2D eigenvalue weighted by atomic mass is 9.95. The number of methoxy groups -OCH3 is 2. The molecule has 0 bridgehead atoms. The summed E-state index contributed by atoms with van der Waals surface area (Å²) in [6.45, 7) is 0. The topological polar surface area (TPSA) is 136 Å². The van der Waals surface area contributed by atoms with Gasteiger partial charge in [0.25, 0.3) is 11.7 Å². The molecule has 1 aliphatic rings. The van der Waals surface area contributed by atoms with Crippen LogP contribution in [0.4, 0.5) is 5.69 Å². The summed E-state index contributed by atoms with van der Waals surface area (Å²) in [5.41, 5.74) is 0.962. The van der Waals surface area contributed by atoms with Gasteiger partial charge in [-0.3, -0.25) is 14.5 Å². The van der Waals surface area contributed by atoms with Gasteiger partial charge in [-0.15, -0.1) is 0 Å². The quantitative estimate of drug-likeness (QED) is 0.305. The maximum absolute atomic E-state index is 13.2. The highest BCUT2D eigenvalue weighted by Gasteiger charge is 2.47. The van der Waals surface area contributed by atoms with Crippen LogP contribution in [0.3, 0.4) is 0 Å². The summed E-state index contributed by atoms with van der Waals surface area (Å²) in [6.07, 6.45) is 0. The Morgan fingerprint density at radius 2 is 1.54 bits per heavy atom. The molecule has 4 rings (SSSR count). The fourth-order valence-electron chi connectivity index (χ4n) is 3.92. The van der Waals surface area contributed by atoms with Crippen molar-refractivity contribution >= 4 is 33.2 Å². The number of nitrogens with two attached hydrogens (primary N) is 1. The highest BCUT2D eigenvalue weighted by molar-refractivity contribution is 7.89. The predicted octanol–water partition coefficient (Wildman–Crippen LogP) is 2.98. The SMILES string of the molecule is COc1ccc(C2/C(=C(\O)c3cccc(OC)c3)C(=O)C(=O)N2c2ccc(S(N)(=O)=O)cc2)cc1. The predicted molar refractivity (Wildman–Crippen MR) is 129 cm³/mol. The van der Waals surface area contributed by atoms with Gasteiger partial charge in [0.15, 0.2) is 0 Å². The first-order valence-corrected chi connectivity index (χ1v) is 11.9. The first-order chi connectivity index (χ1) is 16.7. The second-order valence-electron chi connectivity index (χ2n) is 7.71. The molecule has 10 heteroatoms. The zero-order valence-corrected chi connectivity index (χ0v) is 19.7. The van der Waals surface area contributed by atoms with Gasteiger partial charge in [0, 0.05) is 11.3 Å². The van der Waals surface area contributed by atoms with Crippen molar-refractivity contribution in [2.75, 3.05) is 19.1 Å². The molecule has 0 spiro atoms. The lowest BCUT2D eigenvalue weighted by Crippen LogP contribution is -2.29. The minimum absolute atomic E-state index is 0.121. The molecule has 1 unspecified atom stereocenters. The second kappa shape index (κ2) is 9.24. The fourth-order valence-corrected chi connectivity index (χ4v) is 4.44. The number of hydrogen-bond acceptors (Lipinski definition) is 7. The molecule has 0 radical (unpaired) electrons. The van der Waals surface area contributed by atoms with Crippen LogP contribution < -0.4 is 19.5 Å². The molecule has 1 saturated heterocycles. The van der Waals surface area contributed by atoms with Crippen molar-refractivity contribution < 1.29 is 32.6 Å². The Hall–Kier alpha value is -4.15. The molecule has 0 aromatic heterocycles. The highest BCUT2D eigenvalue weighted by Crippen LogP contribution is 2.42. The Balaban J connectivity index is 1.91. The number of Topliss-reactive ketones (excluding diaryl/α,β-unsaturated/α-hetero) is 1. The summed E-state index contributed by atoms with van der Waals surface area (Å²) in [4.78, 5) is 27.5. The summed E-state index contributed by atoms with van der Waals surface area (Å²) in [7, 11) is -0.969. The number of ketones is 1. The number of amides is 1. The number of aliphatic hydroxyl groups excluding tert-OH is 1. The molecule has 180 valence electrons. The summed E-state index contributed by atoms with van der Waals surface area (Å²) in [6, 6.07) is 17.4. The number of anilines is 1. The van der Waals surface area contributed by atoms with Crippen LogP contribution in [0.5, 0.6) is 11.5 Å². The van der Waals surface area contributed by atoms with E-state index in [1.54, 1.807) is 48.5 Å². The van der Waals surface area contributed by atoms with Crippen LogP contribution in [0.2, 0.25) is 0 Å². The van der Waals surface area contributed by atoms with Gasteiger partial charge in [-0.1, -0.05) is 24.3 Å². The van der Waals surface area contributed by atoms with Crippen LogP contribution >= 0.6 is 0 Å². The van der Waals surface area contributed by atoms with Crippen LogP contribution in [0.25, 0.3) is 5.76 Å². The molecule has 1 aliphatic heterocycles. The number of primary sulfonamides is 1. The molecular weight excluding hydrogens is 472 g/mol. The monoisotopic (exact) mass is 494 g/mol. The highest BCUT2D eigenvalue weighted by atomic mass is 32.2. The van der Waals surface area contributed by atoms with Crippen molar-refractivity contribution in [1.82, 2.24) is 0 Å². The van der Waals surface area contributed by atoms with E-state index in [9.17, 15) is 23.1 Å². The van der Waals surface area contributed by atoms with Crippen LogP contribution in [-0.4, -0.2) is 39.4 Å². The van der Waals surface area contributed by atoms with Gasteiger partial charge in [-0.25, -0.2) is 13.6 Å². The summed E-state index contributed by atoms with van der Waals surface area (Å²) < 4.78 is 33.7. The third-order valence-corrected chi connectivity index (χ3v) is 6.59. The van der Waals surface area contributed by atoms with E-state index in [0.29, 0.717) is 22.6 Å². The van der Waals surface area contributed by atoms with E-state index in [2.05, 4.69) is 0 Å². The maximum atomic E-state index is 13.2. The molecule has 9 nitrogen and oxygen atoms in total. The molecular formula is C25H22N2O7S. The lowest BCUT2D eigenvalue weighted by Gasteiger charge is -2.25. The molecule has 0 aliphatic carbocycles. The molecule has 1 fully saturated rings. The molecule has 1 atom stereocenters. The minimum Gasteiger partial charge on any atom is -0.507 e. The zero-order chi connectivity index (χ0) is 25.3. The Labute approximate surface area is 202 Å². The standard InChI is InChI=1S/C25H22N2O7S/c1-33-18-10-6-15(7-11-18)22-21(23(28)16-4-3-5-19(14-16)34-2)24(29)25(30)27(22)17-8-12-20(13-9-17)35(26,31)32/h3-14,22,28H,1-2H3,(H2,26,31,32)/b23-21+. The zero-order valence-electron chi connectivity index (χ0n) is 18.8. The van der Waals surface area contributed by atoms with E-state index in [0.717, 1.165) is 0 Å². The number of hydrogen-bond donors (Lipinski definition) is 2. The molecule has 35 heavy (non-hydrogen) atoms. The van der Waals surface area contributed by atoms with Crippen molar-refractivity contribution in [3.63, 3.8) is 0 Å². The summed E-state index contributed by atoms with van der Waals surface area (Å²) >= 11 is 0.